The molecule has 0 aromatic rings. The summed E-state index contributed by atoms with van der Waals surface area (Å²) in [7, 11) is 0. The van der Waals surface area contributed by atoms with Gasteiger partial charge < -0.3 is 5.32 Å². The van der Waals surface area contributed by atoms with E-state index in [-0.39, 0.29) is 12.5 Å². The predicted octanol–water partition coefficient (Wildman–Crippen LogP) is -0.0320. The summed E-state index contributed by atoms with van der Waals surface area (Å²) in [5.41, 5.74) is 0. The number of nitrogens with one attached hydrogen (secondary N) is 1. The molecule has 12 heavy (non-hydrogen) atoms. The van der Waals surface area contributed by atoms with E-state index in [0.717, 1.165) is 13.1 Å². The molecule has 1 amide bonds. The Morgan fingerprint density at radius 3 is 2.50 bits per heavy atom. The first-order valence-corrected chi connectivity index (χ1v) is 4.10. The molecule has 0 unspecified atom stereocenters. The van der Waals surface area contributed by atoms with E-state index in [9.17, 15) is 4.79 Å². The smallest absolute Gasteiger partial charge is 0.235 e. The molecule has 1 N–H and O–H groups in total. The number of nitrogens with zero attached hydrogens (tertiary/aromatic N) is 2. The molecule has 0 heterocycles. The van der Waals surface area contributed by atoms with Crippen LogP contribution in [0.25, 0.3) is 0 Å². The van der Waals surface area contributed by atoms with Crippen molar-refractivity contribution in [2.24, 2.45) is 0 Å². The van der Waals surface area contributed by atoms with E-state index in [1.165, 1.54) is 0 Å². The van der Waals surface area contributed by atoms with Crippen molar-refractivity contribution in [3.63, 3.8) is 0 Å². The zero-order chi connectivity index (χ0) is 9.40. The Balaban J connectivity index is 3.60. The fraction of sp³-hybridized carbons (Fsp3) is 0.750. The van der Waals surface area contributed by atoms with Gasteiger partial charge in [-0.3, -0.25) is 9.69 Å². The number of carbonyl (C=O) groups excluding carboxylic acids is 1. The Labute approximate surface area is 73.2 Å². The topological polar surface area (TPSA) is 56.1 Å². The molecule has 0 aromatic heterocycles. The summed E-state index contributed by atoms with van der Waals surface area (Å²) in [5, 5.41) is 10.7. The molecule has 0 saturated carbocycles. The fourth-order valence-electron chi connectivity index (χ4n) is 0.844. The molecule has 0 saturated heterocycles. The second-order valence-electron chi connectivity index (χ2n) is 2.40. The van der Waals surface area contributed by atoms with E-state index in [2.05, 4.69) is 5.32 Å². The van der Waals surface area contributed by atoms with E-state index in [0.29, 0.717) is 6.54 Å². The number of amides is 1. The molecule has 0 fully saturated rings. The molecule has 0 aliphatic carbocycles. The zero-order valence-corrected chi connectivity index (χ0v) is 7.63. The summed E-state index contributed by atoms with van der Waals surface area (Å²) < 4.78 is 0. The average Bonchev–Trinajstić information content (AvgIpc) is 2.10. The highest BCUT2D eigenvalue weighted by Gasteiger charge is 2.05. The minimum absolute atomic E-state index is 0.0831. The van der Waals surface area contributed by atoms with Crippen molar-refractivity contribution in [2.75, 3.05) is 26.2 Å². The molecular weight excluding hydrogens is 154 g/mol. The van der Waals surface area contributed by atoms with E-state index in [1.807, 2.05) is 24.8 Å². The first-order valence-electron chi connectivity index (χ1n) is 4.10. The number of nitriles is 1. The lowest BCUT2D eigenvalue weighted by Crippen LogP contribution is -2.37. The molecule has 0 aromatic carbocycles. The van der Waals surface area contributed by atoms with Crippen LogP contribution in [0.3, 0.4) is 0 Å². The molecule has 0 rings (SSSR count). The van der Waals surface area contributed by atoms with E-state index in [4.69, 9.17) is 5.26 Å². The van der Waals surface area contributed by atoms with Gasteiger partial charge in [-0.25, -0.2) is 0 Å². The molecule has 0 aliphatic heterocycles. The summed E-state index contributed by atoms with van der Waals surface area (Å²) >= 11 is 0. The lowest BCUT2D eigenvalue weighted by molar-refractivity contribution is -0.121. The van der Waals surface area contributed by atoms with E-state index in [1.54, 1.807) is 0 Å². The van der Waals surface area contributed by atoms with Crippen LogP contribution in [0.4, 0.5) is 0 Å². The second-order valence-corrected chi connectivity index (χ2v) is 2.40. The highest BCUT2D eigenvalue weighted by atomic mass is 16.2. The van der Waals surface area contributed by atoms with Crippen molar-refractivity contribution in [3.05, 3.63) is 0 Å². The SMILES string of the molecule is CCN(CC)CC(=O)NCC#N. The Morgan fingerprint density at radius 1 is 1.50 bits per heavy atom. The monoisotopic (exact) mass is 169 g/mol. The first kappa shape index (κ1) is 10.9. The molecule has 0 spiro atoms. The quantitative estimate of drug-likeness (QED) is 0.588. The maximum atomic E-state index is 11.0. The van der Waals surface area contributed by atoms with E-state index < -0.39 is 0 Å². The van der Waals surface area contributed by atoms with Crippen LogP contribution in [0.5, 0.6) is 0 Å². The van der Waals surface area contributed by atoms with Gasteiger partial charge >= 0.3 is 0 Å². The minimum atomic E-state index is -0.0831. The molecule has 0 bridgehead atoms. The standard InChI is InChI=1S/C8H15N3O/c1-3-11(4-2)7-8(12)10-6-5-9/h3-4,6-7H2,1-2H3,(H,10,12). The van der Waals surface area contributed by atoms with Gasteiger partial charge in [0.2, 0.25) is 5.91 Å². The number of likely N-dealkylation sites (N-methyl/N-ethyl adjacent to an activating group) is 1. The second kappa shape index (κ2) is 6.62. The van der Waals surface area contributed by atoms with Gasteiger partial charge in [0, 0.05) is 0 Å². The van der Waals surface area contributed by atoms with Gasteiger partial charge in [-0.05, 0) is 13.1 Å². The molecule has 4 heteroatoms. The van der Waals surface area contributed by atoms with Gasteiger partial charge in [0.1, 0.15) is 6.54 Å². The average molecular weight is 169 g/mol. The zero-order valence-electron chi connectivity index (χ0n) is 7.63. The predicted molar refractivity (Wildman–Crippen MR) is 46.4 cm³/mol. The first-order chi connectivity index (χ1) is 5.74. The molecule has 0 radical (unpaired) electrons. The van der Waals surface area contributed by atoms with Crippen LogP contribution in [0, 0.1) is 11.3 Å². The summed E-state index contributed by atoms with van der Waals surface area (Å²) in [4.78, 5) is 13.0. The van der Waals surface area contributed by atoms with Crippen molar-refractivity contribution in [3.8, 4) is 6.07 Å². The Bertz CT molecular complexity index is 170. The van der Waals surface area contributed by atoms with Gasteiger partial charge in [-0.2, -0.15) is 5.26 Å². The third-order valence-corrected chi connectivity index (χ3v) is 1.63. The van der Waals surface area contributed by atoms with Crippen LogP contribution in [0.2, 0.25) is 0 Å². The Morgan fingerprint density at radius 2 is 2.08 bits per heavy atom. The highest BCUT2D eigenvalue weighted by molar-refractivity contribution is 5.78. The van der Waals surface area contributed by atoms with Crippen LogP contribution in [-0.4, -0.2) is 37.0 Å². The maximum absolute atomic E-state index is 11.0. The van der Waals surface area contributed by atoms with Gasteiger partial charge in [-0.15, -0.1) is 0 Å². The number of hydrogen-bond acceptors (Lipinski definition) is 3. The van der Waals surface area contributed by atoms with Crippen molar-refractivity contribution < 1.29 is 4.79 Å². The molecule has 0 aliphatic rings. The summed E-state index contributed by atoms with van der Waals surface area (Å²) in [5.74, 6) is -0.0831. The van der Waals surface area contributed by atoms with Crippen molar-refractivity contribution >= 4 is 5.91 Å². The molecule has 68 valence electrons. The van der Waals surface area contributed by atoms with Gasteiger partial charge in [0.05, 0.1) is 12.6 Å². The van der Waals surface area contributed by atoms with Crippen LogP contribution < -0.4 is 5.32 Å². The fourth-order valence-corrected chi connectivity index (χ4v) is 0.844. The number of rotatable bonds is 5. The van der Waals surface area contributed by atoms with Crippen LogP contribution in [-0.2, 0) is 4.79 Å². The minimum Gasteiger partial charge on any atom is -0.342 e. The summed E-state index contributed by atoms with van der Waals surface area (Å²) in [6.45, 7) is 6.20. The molecule has 0 atom stereocenters. The van der Waals surface area contributed by atoms with Crippen molar-refractivity contribution in [1.82, 2.24) is 10.2 Å². The molecular formula is C8H15N3O. The summed E-state index contributed by atoms with van der Waals surface area (Å²) in [6.07, 6.45) is 0. The Kier molecular flexibility index (Phi) is 6.02. The van der Waals surface area contributed by atoms with Crippen LogP contribution in [0.15, 0.2) is 0 Å². The normalized spacial score (nSPS) is 9.50. The van der Waals surface area contributed by atoms with Crippen molar-refractivity contribution in [2.45, 2.75) is 13.8 Å². The highest BCUT2D eigenvalue weighted by Crippen LogP contribution is 1.84. The van der Waals surface area contributed by atoms with Gasteiger partial charge in [-0.1, -0.05) is 13.8 Å². The molecule has 4 nitrogen and oxygen atoms in total. The number of hydrogen-bond donors (Lipinski definition) is 1. The largest absolute Gasteiger partial charge is 0.342 e. The summed E-state index contributed by atoms with van der Waals surface area (Å²) in [6, 6.07) is 1.86. The van der Waals surface area contributed by atoms with Crippen LogP contribution in [0.1, 0.15) is 13.8 Å². The lowest BCUT2D eigenvalue weighted by atomic mass is 10.4. The van der Waals surface area contributed by atoms with Gasteiger partial charge in [0.15, 0.2) is 0 Å². The van der Waals surface area contributed by atoms with E-state index >= 15 is 0 Å². The number of carbonyl (C=O) groups is 1. The maximum Gasteiger partial charge on any atom is 0.235 e. The van der Waals surface area contributed by atoms with Gasteiger partial charge in [0.25, 0.3) is 0 Å². The third-order valence-electron chi connectivity index (χ3n) is 1.63. The van der Waals surface area contributed by atoms with Crippen molar-refractivity contribution in [1.29, 1.82) is 5.26 Å². The lowest BCUT2D eigenvalue weighted by Gasteiger charge is -2.16. The van der Waals surface area contributed by atoms with Crippen LogP contribution >= 0.6 is 0 Å². The Hall–Kier alpha value is -1.08. The third kappa shape index (κ3) is 4.69.